The van der Waals surface area contributed by atoms with Crippen molar-refractivity contribution >= 4 is 38.2 Å². The Hall–Kier alpha value is -2.28. The molecule has 172 valence electrons. The molecule has 0 spiro atoms. The number of benzene rings is 2. The van der Waals surface area contributed by atoms with E-state index in [9.17, 15) is 17.6 Å². The van der Waals surface area contributed by atoms with Crippen molar-refractivity contribution in [1.29, 1.82) is 0 Å². The molecular weight excluding hydrogens is 492 g/mol. The van der Waals surface area contributed by atoms with E-state index in [4.69, 9.17) is 9.15 Å². The van der Waals surface area contributed by atoms with E-state index in [0.717, 1.165) is 5.56 Å². The number of hydrogen-bond donors (Lipinski definition) is 1. The largest absolute Gasteiger partial charge is 1.00 e. The maximum absolute atomic E-state index is 15.0. The number of thiazole rings is 1. The molecule has 8 nitrogen and oxygen atoms in total. The molecule has 2 aromatic heterocycles. The van der Waals surface area contributed by atoms with E-state index in [2.05, 4.69) is 9.71 Å². The summed E-state index contributed by atoms with van der Waals surface area (Å²) in [6.45, 7) is 3.62. The van der Waals surface area contributed by atoms with E-state index < -0.39 is 21.7 Å². The molecule has 0 saturated heterocycles. The van der Waals surface area contributed by atoms with Gasteiger partial charge in [-0.2, -0.15) is 0 Å². The van der Waals surface area contributed by atoms with Gasteiger partial charge in [-0.05, 0) is 43.7 Å². The van der Waals surface area contributed by atoms with Crippen molar-refractivity contribution in [3.8, 4) is 10.9 Å². The van der Waals surface area contributed by atoms with E-state index in [1.54, 1.807) is 24.6 Å². The SMILES string of the molecule is CNS(=O)(=O)[N-]c1cccc(Cc2c(C)c3cc(C)c(Oc4nccs4)cc3oc2=O)c1F.[Na+]. The summed E-state index contributed by atoms with van der Waals surface area (Å²) in [5.41, 5.74) is 1.21. The van der Waals surface area contributed by atoms with Crippen LogP contribution in [0.5, 0.6) is 10.9 Å². The number of hydrogen-bond acceptors (Lipinski definition) is 7. The summed E-state index contributed by atoms with van der Waals surface area (Å²) in [5.74, 6) is -0.308. The molecule has 4 rings (SSSR count). The van der Waals surface area contributed by atoms with Crippen LogP contribution in [-0.2, 0) is 16.6 Å². The zero-order valence-corrected chi connectivity index (χ0v) is 22.5. The first kappa shape index (κ1) is 26.3. The van der Waals surface area contributed by atoms with Crippen LogP contribution in [-0.4, -0.2) is 20.4 Å². The van der Waals surface area contributed by atoms with Crippen LogP contribution in [0.15, 0.2) is 51.1 Å². The minimum absolute atomic E-state index is 0. The van der Waals surface area contributed by atoms with Crippen LogP contribution < -0.4 is 44.6 Å². The minimum atomic E-state index is -4.02. The van der Waals surface area contributed by atoms with Crippen LogP contribution in [0.1, 0.15) is 22.3 Å². The molecule has 34 heavy (non-hydrogen) atoms. The van der Waals surface area contributed by atoms with Crippen molar-refractivity contribution in [2.24, 2.45) is 0 Å². The van der Waals surface area contributed by atoms with Crippen LogP contribution in [0.2, 0.25) is 0 Å². The van der Waals surface area contributed by atoms with Crippen molar-refractivity contribution in [1.82, 2.24) is 9.71 Å². The molecule has 0 saturated carbocycles. The number of fused-ring (bicyclic) bond motifs is 1. The van der Waals surface area contributed by atoms with Crippen LogP contribution >= 0.6 is 11.3 Å². The molecule has 2 heterocycles. The number of aryl methyl sites for hydroxylation is 2. The monoisotopic (exact) mass is 511 g/mol. The quantitative estimate of drug-likeness (QED) is 0.299. The van der Waals surface area contributed by atoms with Gasteiger partial charge in [0.1, 0.15) is 17.1 Å². The molecule has 0 atom stereocenters. The number of rotatable bonds is 7. The Kier molecular flexibility index (Phi) is 8.17. The average Bonchev–Trinajstić information content (AvgIpc) is 3.28. The third kappa shape index (κ3) is 5.51. The second-order valence-corrected chi connectivity index (χ2v) is 9.60. The Bertz CT molecular complexity index is 1510. The molecule has 0 aliphatic heterocycles. The van der Waals surface area contributed by atoms with Crippen LogP contribution in [0, 0.1) is 19.7 Å². The first-order valence-electron chi connectivity index (χ1n) is 9.76. The predicted molar refractivity (Wildman–Crippen MR) is 124 cm³/mol. The number of nitrogens with one attached hydrogen (secondary N) is 1. The number of aromatic nitrogens is 1. The summed E-state index contributed by atoms with van der Waals surface area (Å²) in [6, 6.07) is 7.66. The number of ether oxygens (including phenoxy) is 1. The van der Waals surface area contributed by atoms with E-state index >= 15 is 0 Å². The zero-order chi connectivity index (χ0) is 23.8. The first-order chi connectivity index (χ1) is 15.7. The van der Waals surface area contributed by atoms with Gasteiger partial charge in [0.2, 0.25) is 0 Å². The van der Waals surface area contributed by atoms with Crippen LogP contribution in [0.25, 0.3) is 15.7 Å². The van der Waals surface area contributed by atoms with Gasteiger partial charge in [0, 0.05) is 35.0 Å². The maximum atomic E-state index is 15.0. The molecule has 1 N–H and O–H groups in total. The molecular formula is C22H19FN3NaO5S2. The normalized spacial score (nSPS) is 11.3. The van der Waals surface area contributed by atoms with Crippen molar-refractivity contribution in [2.75, 3.05) is 7.05 Å². The fraction of sp³-hybridized carbons (Fsp3) is 0.182. The van der Waals surface area contributed by atoms with Gasteiger partial charge in [0.05, 0.1) is 0 Å². The van der Waals surface area contributed by atoms with Crippen molar-refractivity contribution in [3.05, 3.63) is 85.1 Å². The molecule has 0 radical (unpaired) electrons. The van der Waals surface area contributed by atoms with Crippen LogP contribution in [0.3, 0.4) is 0 Å². The van der Waals surface area contributed by atoms with Crippen LogP contribution in [0.4, 0.5) is 10.1 Å². The molecule has 0 unspecified atom stereocenters. The fourth-order valence-electron chi connectivity index (χ4n) is 3.33. The number of halogens is 1. The maximum Gasteiger partial charge on any atom is 1.00 e. The fourth-order valence-corrected chi connectivity index (χ4v) is 4.32. The average molecular weight is 512 g/mol. The van der Waals surface area contributed by atoms with Gasteiger partial charge in [0.25, 0.3) is 5.19 Å². The second kappa shape index (κ2) is 10.5. The van der Waals surface area contributed by atoms with E-state index in [-0.39, 0.29) is 52.8 Å². The molecule has 0 amide bonds. The Labute approximate surface area is 221 Å². The zero-order valence-electron chi connectivity index (χ0n) is 18.9. The predicted octanol–water partition coefficient (Wildman–Crippen LogP) is 1.86. The molecule has 2 aromatic carbocycles. The third-order valence-electron chi connectivity index (χ3n) is 5.09. The summed E-state index contributed by atoms with van der Waals surface area (Å²) in [6.07, 6.45) is 1.54. The minimum Gasteiger partial charge on any atom is -0.561 e. The molecule has 0 aliphatic carbocycles. The van der Waals surface area contributed by atoms with Gasteiger partial charge in [-0.15, -0.1) is 0 Å². The van der Waals surface area contributed by atoms with Gasteiger partial charge in [0.15, 0.2) is 10.2 Å². The first-order valence-corrected chi connectivity index (χ1v) is 12.1. The second-order valence-electron chi connectivity index (χ2n) is 7.20. The van der Waals surface area contributed by atoms with Gasteiger partial charge >= 0.3 is 35.2 Å². The molecule has 0 aliphatic rings. The van der Waals surface area contributed by atoms with Crippen molar-refractivity contribution in [2.45, 2.75) is 20.3 Å². The van der Waals surface area contributed by atoms with Gasteiger partial charge in [-0.25, -0.2) is 27.3 Å². The Morgan fingerprint density at radius 3 is 2.71 bits per heavy atom. The van der Waals surface area contributed by atoms with Crippen molar-refractivity contribution < 1.29 is 51.5 Å². The molecule has 0 bridgehead atoms. The Morgan fingerprint density at radius 1 is 1.26 bits per heavy atom. The topological polar surface area (TPSA) is 113 Å². The smallest absolute Gasteiger partial charge is 0.561 e. The molecule has 12 heteroatoms. The Balaban J connectivity index is 0.00000324. The standard InChI is InChI=1S/C22H19FN3O5S2.Na/c1-12-9-15-13(2)16(10-14-5-4-6-17(20(14)23)26-33(28,29)24-3)21(27)30-19(15)11-18(12)31-22-25-7-8-32-22;/h4-9,11,24H,10H2,1-3H3;/q-1;+1. The summed E-state index contributed by atoms with van der Waals surface area (Å²) in [4.78, 5) is 16.9. The van der Waals surface area contributed by atoms with E-state index in [1.807, 2.05) is 17.7 Å². The van der Waals surface area contributed by atoms with Gasteiger partial charge in [-0.1, -0.05) is 35.2 Å². The molecule has 0 fully saturated rings. The van der Waals surface area contributed by atoms with Gasteiger partial charge in [-0.3, -0.25) is 0 Å². The summed E-state index contributed by atoms with van der Waals surface area (Å²) in [7, 11) is -2.84. The van der Waals surface area contributed by atoms with Crippen molar-refractivity contribution in [3.63, 3.8) is 0 Å². The Morgan fingerprint density at radius 2 is 2.03 bits per heavy atom. The molecule has 4 aromatic rings. The van der Waals surface area contributed by atoms with E-state index in [0.29, 0.717) is 27.5 Å². The van der Waals surface area contributed by atoms with Gasteiger partial charge < -0.3 is 13.9 Å². The number of nitrogens with zero attached hydrogens (tertiary/aromatic N) is 2. The summed E-state index contributed by atoms with van der Waals surface area (Å²) < 4.78 is 55.1. The summed E-state index contributed by atoms with van der Waals surface area (Å²) in [5, 5.41) is 2.94. The third-order valence-corrected chi connectivity index (χ3v) is 6.69. The summed E-state index contributed by atoms with van der Waals surface area (Å²) >= 11 is 1.34. The van der Waals surface area contributed by atoms with E-state index in [1.165, 1.54) is 36.6 Å².